The van der Waals surface area contributed by atoms with E-state index in [1.807, 2.05) is 52.0 Å². The van der Waals surface area contributed by atoms with Crippen molar-refractivity contribution in [3.05, 3.63) is 35.5 Å². The van der Waals surface area contributed by atoms with Gasteiger partial charge in [-0.3, -0.25) is 9.59 Å². The summed E-state index contributed by atoms with van der Waals surface area (Å²) >= 11 is 0. The van der Waals surface area contributed by atoms with E-state index in [4.69, 9.17) is 0 Å². The van der Waals surface area contributed by atoms with Gasteiger partial charge in [0.05, 0.1) is 5.69 Å². The molecular weight excluding hydrogens is 392 g/mol. The summed E-state index contributed by atoms with van der Waals surface area (Å²) in [6.07, 6.45) is 1.11. The number of urea groups is 1. The molecule has 4 rings (SSSR count). The Hall–Kier alpha value is -2.83. The number of hydrogen-bond donors (Lipinski definition) is 2. The van der Waals surface area contributed by atoms with Crippen molar-refractivity contribution in [1.29, 1.82) is 0 Å². The second-order valence-corrected chi connectivity index (χ2v) is 9.74. The summed E-state index contributed by atoms with van der Waals surface area (Å²) in [6.45, 7) is 10.8. The molecule has 3 heterocycles. The summed E-state index contributed by atoms with van der Waals surface area (Å²) < 4.78 is 0. The molecule has 0 unspecified atom stereocenters. The normalized spacial score (nSPS) is 21.8. The topological polar surface area (TPSA) is 85.5 Å². The van der Waals surface area contributed by atoms with Gasteiger partial charge in [0, 0.05) is 24.0 Å². The largest absolute Gasteiger partial charge is 0.356 e. The molecule has 166 valence electrons. The minimum Gasteiger partial charge on any atom is -0.356 e. The predicted octanol–water partition coefficient (Wildman–Crippen LogP) is 3.39. The standard InChI is InChI=1S/C24H32N4O3/c1-14(2)12-19(21(29)25-13-15(3)4)28-22(30)24(5)20-17(10-11-27(24)23(28)31)16-8-6-7-9-18(16)26-20/h6-9,14-15,19,26H,10-13H2,1-5H3,(H,25,29)/t19-,24+/m0/s1. The number of aromatic nitrogens is 1. The Morgan fingerprint density at radius 1 is 1.16 bits per heavy atom. The second kappa shape index (κ2) is 7.70. The Balaban J connectivity index is 1.75. The van der Waals surface area contributed by atoms with Crippen molar-refractivity contribution in [2.24, 2.45) is 11.8 Å². The van der Waals surface area contributed by atoms with Crippen LogP contribution in [-0.2, 0) is 21.5 Å². The minimum atomic E-state index is -1.13. The highest BCUT2D eigenvalue weighted by atomic mass is 16.2. The van der Waals surface area contributed by atoms with Gasteiger partial charge in [-0.1, -0.05) is 45.9 Å². The van der Waals surface area contributed by atoms with Crippen LogP contribution >= 0.6 is 0 Å². The number of benzene rings is 1. The van der Waals surface area contributed by atoms with Crippen molar-refractivity contribution in [3.63, 3.8) is 0 Å². The number of hydrogen-bond acceptors (Lipinski definition) is 3. The molecule has 0 radical (unpaired) electrons. The van der Waals surface area contributed by atoms with Gasteiger partial charge in [0.15, 0.2) is 5.54 Å². The zero-order chi connectivity index (χ0) is 22.5. The van der Waals surface area contributed by atoms with E-state index in [2.05, 4.69) is 10.3 Å². The minimum absolute atomic E-state index is 0.157. The third-order valence-electron chi connectivity index (χ3n) is 6.49. The van der Waals surface area contributed by atoms with Crippen LogP contribution in [0.2, 0.25) is 0 Å². The number of nitrogens with one attached hydrogen (secondary N) is 2. The molecule has 7 heteroatoms. The van der Waals surface area contributed by atoms with Crippen LogP contribution in [0.3, 0.4) is 0 Å². The molecule has 0 aliphatic carbocycles. The van der Waals surface area contributed by atoms with Crippen LogP contribution in [0.1, 0.15) is 52.3 Å². The summed E-state index contributed by atoms with van der Waals surface area (Å²) in [6, 6.07) is 6.79. The van der Waals surface area contributed by atoms with Gasteiger partial charge in [0.1, 0.15) is 6.04 Å². The zero-order valence-corrected chi connectivity index (χ0v) is 19.0. The van der Waals surface area contributed by atoms with Crippen molar-refractivity contribution >= 4 is 28.7 Å². The average molecular weight is 425 g/mol. The fraction of sp³-hybridized carbons (Fsp3) is 0.542. The van der Waals surface area contributed by atoms with E-state index < -0.39 is 11.6 Å². The molecule has 0 spiro atoms. The number of carbonyl (C=O) groups is 3. The third kappa shape index (κ3) is 3.30. The van der Waals surface area contributed by atoms with E-state index in [0.717, 1.165) is 22.2 Å². The Kier molecular flexibility index (Phi) is 5.31. The van der Waals surface area contributed by atoms with Crippen molar-refractivity contribution in [3.8, 4) is 0 Å². The Labute approximate surface area is 183 Å². The fourth-order valence-electron chi connectivity index (χ4n) is 4.89. The van der Waals surface area contributed by atoms with E-state index >= 15 is 0 Å². The highest BCUT2D eigenvalue weighted by Crippen LogP contribution is 2.44. The second-order valence-electron chi connectivity index (χ2n) is 9.74. The van der Waals surface area contributed by atoms with Crippen molar-refractivity contribution in [2.45, 2.75) is 59.0 Å². The summed E-state index contributed by atoms with van der Waals surface area (Å²) in [4.78, 5) is 46.7. The number of amides is 4. The molecule has 2 N–H and O–H groups in total. The van der Waals surface area contributed by atoms with E-state index in [0.29, 0.717) is 25.9 Å². The van der Waals surface area contributed by atoms with Crippen molar-refractivity contribution < 1.29 is 14.4 Å². The zero-order valence-electron chi connectivity index (χ0n) is 19.0. The molecule has 31 heavy (non-hydrogen) atoms. The molecule has 0 bridgehead atoms. The number of rotatable bonds is 6. The van der Waals surface area contributed by atoms with Gasteiger partial charge in [-0.2, -0.15) is 0 Å². The first-order valence-corrected chi connectivity index (χ1v) is 11.2. The lowest BCUT2D eigenvalue weighted by Crippen LogP contribution is -2.52. The van der Waals surface area contributed by atoms with Crippen LogP contribution in [0.5, 0.6) is 0 Å². The lowest BCUT2D eigenvalue weighted by atomic mass is 9.86. The summed E-state index contributed by atoms with van der Waals surface area (Å²) in [5.74, 6) is -0.143. The lowest BCUT2D eigenvalue weighted by Gasteiger charge is -2.36. The SMILES string of the molecule is CC(C)CNC(=O)[C@H](CC(C)C)N1C(=O)N2CCc3c([nH]c4ccccc34)[C@]2(C)C1=O. The maximum Gasteiger partial charge on any atom is 0.328 e. The number of carbonyl (C=O) groups excluding carboxylic acids is 3. The maximum absolute atomic E-state index is 13.8. The van der Waals surface area contributed by atoms with E-state index in [1.165, 1.54) is 4.90 Å². The Morgan fingerprint density at radius 3 is 2.55 bits per heavy atom. The van der Waals surface area contributed by atoms with Gasteiger partial charge in [-0.05, 0) is 43.2 Å². The highest BCUT2D eigenvalue weighted by Gasteiger charge is 2.60. The average Bonchev–Trinajstić information content (AvgIpc) is 3.19. The van der Waals surface area contributed by atoms with Gasteiger partial charge >= 0.3 is 6.03 Å². The van der Waals surface area contributed by atoms with Gasteiger partial charge in [0.2, 0.25) is 5.91 Å². The number of aromatic amines is 1. The molecule has 1 aromatic heterocycles. The molecule has 2 atom stereocenters. The van der Waals surface area contributed by atoms with Crippen LogP contribution in [-0.4, -0.2) is 51.8 Å². The molecule has 1 fully saturated rings. The highest BCUT2D eigenvalue weighted by molar-refractivity contribution is 6.11. The molecule has 2 aliphatic heterocycles. The lowest BCUT2D eigenvalue weighted by molar-refractivity contribution is -0.140. The number of nitrogens with zero attached hydrogens (tertiary/aromatic N) is 2. The maximum atomic E-state index is 13.8. The third-order valence-corrected chi connectivity index (χ3v) is 6.49. The molecule has 2 aliphatic rings. The Bertz CT molecular complexity index is 1040. The molecule has 4 amide bonds. The Morgan fingerprint density at radius 2 is 1.87 bits per heavy atom. The van der Waals surface area contributed by atoms with Crippen molar-refractivity contribution in [2.75, 3.05) is 13.1 Å². The molecule has 1 aromatic carbocycles. The number of imide groups is 1. The van der Waals surface area contributed by atoms with Crippen LogP contribution in [0.25, 0.3) is 10.9 Å². The summed E-state index contributed by atoms with van der Waals surface area (Å²) in [5, 5.41) is 4.02. The van der Waals surface area contributed by atoms with E-state index in [9.17, 15) is 14.4 Å². The predicted molar refractivity (Wildman–Crippen MR) is 119 cm³/mol. The number of para-hydroxylation sites is 1. The van der Waals surface area contributed by atoms with Crippen LogP contribution in [0, 0.1) is 11.8 Å². The molecular formula is C24H32N4O3. The van der Waals surface area contributed by atoms with Crippen LogP contribution < -0.4 is 5.32 Å². The molecule has 1 saturated heterocycles. The first-order chi connectivity index (χ1) is 14.7. The number of fused-ring (bicyclic) bond motifs is 5. The van der Waals surface area contributed by atoms with Gasteiger partial charge in [0.25, 0.3) is 5.91 Å². The van der Waals surface area contributed by atoms with E-state index in [1.54, 1.807) is 11.8 Å². The van der Waals surface area contributed by atoms with Gasteiger partial charge < -0.3 is 15.2 Å². The smallest absolute Gasteiger partial charge is 0.328 e. The first kappa shape index (κ1) is 21.4. The van der Waals surface area contributed by atoms with E-state index in [-0.39, 0.29) is 29.7 Å². The van der Waals surface area contributed by atoms with Gasteiger partial charge in [-0.25, -0.2) is 9.69 Å². The van der Waals surface area contributed by atoms with Crippen molar-refractivity contribution in [1.82, 2.24) is 20.1 Å². The quantitative estimate of drug-likeness (QED) is 0.697. The van der Waals surface area contributed by atoms with Crippen LogP contribution in [0.15, 0.2) is 24.3 Å². The summed E-state index contributed by atoms with van der Waals surface area (Å²) in [5.41, 5.74) is 1.69. The first-order valence-electron chi connectivity index (χ1n) is 11.2. The fourth-order valence-corrected chi connectivity index (χ4v) is 4.89. The number of H-pyrrole nitrogens is 1. The van der Waals surface area contributed by atoms with Gasteiger partial charge in [-0.15, -0.1) is 0 Å². The molecule has 0 saturated carbocycles. The molecule has 2 aromatic rings. The summed E-state index contributed by atoms with van der Waals surface area (Å²) in [7, 11) is 0. The molecule has 7 nitrogen and oxygen atoms in total. The van der Waals surface area contributed by atoms with Crippen LogP contribution in [0.4, 0.5) is 4.79 Å². The monoisotopic (exact) mass is 424 g/mol.